The van der Waals surface area contributed by atoms with Gasteiger partial charge in [-0.2, -0.15) is 0 Å². The minimum absolute atomic E-state index is 0.0151. The summed E-state index contributed by atoms with van der Waals surface area (Å²) in [6.45, 7) is 3.93. The average Bonchev–Trinajstić information content (AvgIpc) is 2.47. The van der Waals surface area contributed by atoms with Crippen LogP contribution in [0.2, 0.25) is 0 Å². The number of halogens is 1. The molecule has 0 spiro atoms. The fraction of sp³-hybridized carbons (Fsp3) is 0.167. The van der Waals surface area contributed by atoms with Crippen LogP contribution in [-0.2, 0) is 0 Å². The van der Waals surface area contributed by atoms with E-state index in [0.717, 1.165) is 16.6 Å². The molecule has 3 rings (SSSR count). The zero-order valence-electron chi connectivity index (χ0n) is 11.9. The number of aromatic amines is 1. The highest BCUT2D eigenvalue weighted by Gasteiger charge is 2.13. The van der Waals surface area contributed by atoms with Gasteiger partial charge in [-0.15, -0.1) is 0 Å². The molecular weight excluding hydrogens is 265 g/mol. The number of H-pyrrole nitrogens is 1. The fourth-order valence-electron chi connectivity index (χ4n) is 2.50. The van der Waals surface area contributed by atoms with E-state index >= 15 is 0 Å². The summed E-state index contributed by atoms with van der Waals surface area (Å²) in [6, 6.07) is 11.8. The summed E-state index contributed by atoms with van der Waals surface area (Å²) >= 11 is 0. The monoisotopic (exact) mass is 280 g/mol. The minimum Gasteiger partial charge on any atom is -0.353 e. The van der Waals surface area contributed by atoms with E-state index in [2.05, 4.69) is 11.2 Å². The summed E-state index contributed by atoms with van der Waals surface area (Å²) in [5.41, 5.74) is 3.00. The number of aromatic nitrogens is 1. The molecule has 0 fully saturated rings. The van der Waals surface area contributed by atoms with Gasteiger partial charge in [-0.25, -0.2) is 4.39 Å². The molecule has 0 aliphatic carbocycles. The molecule has 3 aromatic rings. The molecule has 0 unspecified atom stereocenters. The summed E-state index contributed by atoms with van der Waals surface area (Å²) in [7, 11) is 0. The van der Waals surface area contributed by atoms with Crippen LogP contribution in [0.4, 0.5) is 4.39 Å². The quantitative estimate of drug-likeness (QED) is 0.747. The standard InChI is InChI=1S/C18H15FNO/c1-11(2)15-10-20-16-5-3-4-14(17(16)18(15)21)12-6-8-13(19)9-7-12/h3-9,11H,1-2H3,(H,20,21). The van der Waals surface area contributed by atoms with E-state index in [4.69, 9.17) is 0 Å². The summed E-state index contributed by atoms with van der Waals surface area (Å²) < 4.78 is 13.1. The van der Waals surface area contributed by atoms with Crippen molar-refractivity contribution >= 4 is 10.9 Å². The highest BCUT2D eigenvalue weighted by molar-refractivity contribution is 5.94. The largest absolute Gasteiger partial charge is 0.353 e. The first-order valence-electron chi connectivity index (χ1n) is 6.90. The predicted octanol–water partition coefficient (Wildman–Crippen LogP) is 4.26. The van der Waals surface area contributed by atoms with Crippen molar-refractivity contribution in [3.63, 3.8) is 0 Å². The molecule has 21 heavy (non-hydrogen) atoms. The van der Waals surface area contributed by atoms with Crippen LogP contribution in [0.1, 0.15) is 25.3 Å². The molecule has 3 heteroatoms. The van der Waals surface area contributed by atoms with Gasteiger partial charge in [0.15, 0.2) is 5.43 Å². The van der Waals surface area contributed by atoms with Crippen molar-refractivity contribution in [3.05, 3.63) is 70.3 Å². The van der Waals surface area contributed by atoms with E-state index in [1.54, 1.807) is 12.1 Å². The Morgan fingerprint density at radius 3 is 2.48 bits per heavy atom. The Morgan fingerprint density at radius 1 is 1.10 bits per heavy atom. The normalized spacial score (nSPS) is 11.2. The lowest BCUT2D eigenvalue weighted by molar-refractivity contribution is 0.628. The Morgan fingerprint density at radius 2 is 1.81 bits per heavy atom. The molecule has 1 radical (unpaired) electrons. The number of hydrogen-bond donors (Lipinski definition) is 1. The topological polar surface area (TPSA) is 32.9 Å². The van der Waals surface area contributed by atoms with Crippen LogP contribution in [0.3, 0.4) is 0 Å². The number of benzene rings is 2. The average molecular weight is 280 g/mol. The molecule has 1 N–H and O–H groups in total. The number of rotatable bonds is 2. The van der Waals surface area contributed by atoms with Gasteiger partial charge in [0.05, 0.1) is 17.1 Å². The van der Waals surface area contributed by atoms with Gasteiger partial charge < -0.3 is 4.98 Å². The molecule has 0 amide bonds. The van der Waals surface area contributed by atoms with Crippen molar-refractivity contribution in [2.75, 3.05) is 0 Å². The Kier molecular flexibility index (Phi) is 3.34. The maximum atomic E-state index is 13.1. The molecule has 0 bridgehead atoms. The lowest BCUT2D eigenvalue weighted by Crippen LogP contribution is -2.12. The van der Waals surface area contributed by atoms with Crippen LogP contribution < -0.4 is 5.43 Å². The zero-order valence-corrected chi connectivity index (χ0v) is 11.9. The van der Waals surface area contributed by atoms with Crippen molar-refractivity contribution < 1.29 is 4.39 Å². The van der Waals surface area contributed by atoms with Crippen molar-refractivity contribution in [1.29, 1.82) is 0 Å². The molecule has 2 nitrogen and oxygen atoms in total. The summed E-state index contributed by atoms with van der Waals surface area (Å²) in [5, 5.41) is 0.631. The van der Waals surface area contributed by atoms with Gasteiger partial charge >= 0.3 is 0 Å². The zero-order chi connectivity index (χ0) is 15.0. The Balaban J connectivity index is 2.35. The van der Waals surface area contributed by atoms with E-state index in [0.29, 0.717) is 10.9 Å². The lowest BCUT2D eigenvalue weighted by atomic mass is 9.96. The lowest BCUT2D eigenvalue weighted by Gasteiger charge is -2.09. The maximum absolute atomic E-state index is 13.1. The van der Waals surface area contributed by atoms with E-state index in [1.165, 1.54) is 12.1 Å². The van der Waals surface area contributed by atoms with Crippen molar-refractivity contribution in [2.24, 2.45) is 0 Å². The molecule has 105 valence electrons. The van der Waals surface area contributed by atoms with Crippen LogP contribution in [0.15, 0.2) is 47.3 Å². The molecule has 0 atom stereocenters. The van der Waals surface area contributed by atoms with Crippen LogP contribution >= 0.6 is 0 Å². The summed E-state index contributed by atoms with van der Waals surface area (Å²) in [4.78, 5) is 15.8. The Labute approximate surface area is 122 Å². The van der Waals surface area contributed by atoms with Gasteiger partial charge in [0, 0.05) is 5.56 Å². The fourth-order valence-corrected chi connectivity index (χ4v) is 2.50. The second-order valence-corrected chi connectivity index (χ2v) is 5.38. The molecule has 0 aliphatic heterocycles. The third-order valence-corrected chi connectivity index (χ3v) is 3.60. The first kappa shape index (κ1) is 13.6. The third-order valence-electron chi connectivity index (χ3n) is 3.60. The van der Waals surface area contributed by atoms with Crippen LogP contribution in [0.5, 0.6) is 0 Å². The van der Waals surface area contributed by atoms with Gasteiger partial charge in [-0.05, 0) is 35.2 Å². The molecule has 2 aromatic carbocycles. The highest BCUT2D eigenvalue weighted by atomic mass is 19.1. The number of hydrogen-bond acceptors (Lipinski definition) is 1. The Bertz CT molecular complexity index is 847. The van der Waals surface area contributed by atoms with E-state index in [-0.39, 0.29) is 17.2 Å². The highest BCUT2D eigenvalue weighted by Crippen LogP contribution is 2.26. The van der Waals surface area contributed by atoms with Crippen LogP contribution in [-0.4, -0.2) is 4.98 Å². The van der Waals surface area contributed by atoms with Gasteiger partial charge in [0.2, 0.25) is 0 Å². The first-order chi connectivity index (χ1) is 10.1. The number of pyridine rings is 1. The number of fused-ring (bicyclic) bond motifs is 1. The smallest absolute Gasteiger partial charge is 0.194 e. The summed E-state index contributed by atoms with van der Waals surface area (Å²) in [5.74, 6) is -0.191. The van der Waals surface area contributed by atoms with E-state index < -0.39 is 0 Å². The van der Waals surface area contributed by atoms with Gasteiger partial charge in [0.25, 0.3) is 0 Å². The number of nitrogens with one attached hydrogen (secondary N) is 1. The molecule has 0 saturated heterocycles. The van der Waals surface area contributed by atoms with Gasteiger partial charge in [0.1, 0.15) is 5.82 Å². The second kappa shape index (κ2) is 5.17. The van der Waals surface area contributed by atoms with E-state index in [9.17, 15) is 9.18 Å². The maximum Gasteiger partial charge on any atom is 0.194 e. The van der Waals surface area contributed by atoms with Crippen LogP contribution in [0.25, 0.3) is 22.0 Å². The summed E-state index contributed by atoms with van der Waals surface area (Å²) in [6.07, 6.45) is 2.97. The van der Waals surface area contributed by atoms with Crippen molar-refractivity contribution in [2.45, 2.75) is 19.8 Å². The molecular formula is C18H15FNO. The second-order valence-electron chi connectivity index (χ2n) is 5.38. The third kappa shape index (κ3) is 2.35. The minimum atomic E-state index is -0.288. The van der Waals surface area contributed by atoms with Gasteiger partial charge in [-0.1, -0.05) is 38.1 Å². The van der Waals surface area contributed by atoms with Crippen molar-refractivity contribution in [3.8, 4) is 11.1 Å². The molecule has 1 aromatic heterocycles. The SMILES string of the molecule is CC(C)c1[c][nH]c2cccc(-c3ccc(F)cc3)c2c1=O. The van der Waals surface area contributed by atoms with Crippen molar-refractivity contribution in [1.82, 2.24) is 4.98 Å². The van der Waals surface area contributed by atoms with Gasteiger partial charge in [-0.3, -0.25) is 4.79 Å². The van der Waals surface area contributed by atoms with Crippen LogP contribution in [0, 0.1) is 12.0 Å². The molecule has 0 saturated carbocycles. The molecule has 1 heterocycles. The Hall–Kier alpha value is -2.42. The molecule has 0 aliphatic rings. The predicted molar refractivity (Wildman–Crippen MR) is 82.9 cm³/mol. The first-order valence-corrected chi connectivity index (χ1v) is 6.90. The van der Waals surface area contributed by atoms with E-state index in [1.807, 2.05) is 32.0 Å².